The Kier molecular flexibility index (Phi) is 5.16. The second kappa shape index (κ2) is 6.73. The third kappa shape index (κ3) is 3.45. The number of methoxy groups -OCH3 is 1. The molecule has 1 aromatic carbocycles. The summed E-state index contributed by atoms with van der Waals surface area (Å²) >= 11 is 6.01. The topological polar surface area (TPSA) is 70.8 Å². The molecule has 0 saturated carbocycles. The van der Waals surface area contributed by atoms with Crippen molar-refractivity contribution >= 4 is 23.2 Å². The summed E-state index contributed by atoms with van der Waals surface area (Å²) in [5.74, 6) is 0.217. The number of rotatable bonds is 4. The van der Waals surface area contributed by atoms with Crippen molar-refractivity contribution in [2.24, 2.45) is 0 Å². The van der Waals surface area contributed by atoms with Crippen molar-refractivity contribution in [2.45, 2.75) is 25.9 Å². The molecule has 0 spiro atoms. The van der Waals surface area contributed by atoms with Crippen LogP contribution in [-0.2, 0) is 0 Å². The lowest BCUT2D eigenvalue weighted by molar-refractivity contribution is 0.0242. The quantitative estimate of drug-likeness (QED) is 0.822. The van der Waals surface area contributed by atoms with Gasteiger partial charge in [0.15, 0.2) is 0 Å². The van der Waals surface area contributed by atoms with E-state index in [-0.39, 0.29) is 11.9 Å². The number of likely N-dealkylation sites (N-methyl/N-ethyl adjacent to an activating group) is 1. The monoisotopic (exact) mass is 326 g/mol. The van der Waals surface area contributed by atoms with Crippen molar-refractivity contribution in [3.63, 3.8) is 0 Å². The zero-order valence-electron chi connectivity index (χ0n) is 13.4. The first-order chi connectivity index (χ1) is 10.3. The minimum atomic E-state index is -0.206. The molecule has 1 aliphatic heterocycles. The molecule has 1 fully saturated rings. The number of hydrazine groups is 1. The SMILES string of the molecule is COc1cc(N)c(Cl)cc1C(=O)NC1CN(C)N(C(C)C)C1. The van der Waals surface area contributed by atoms with E-state index >= 15 is 0 Å². The van der Waals surface area contributed by atoms with E-state index in [2.05, 4.69) is 29.2 Å². The number of halogens is 1. The van der Waals surface area contributed by atoms with E-state index in [0.29, 0.717) is 28.1 Å². The molecule has 2 rings (SSSR count). The molecule has 3 N–H and O–H groups in total. The molecule has 22 heavy (non-hydrogen) atoms. The number of anilines is 1. The lowest BCUT2D eigenvalue weighted by atomic mass is 10.1. The van der Waals surface area contributed by atoms with Crippen LogP contribution in [-0.4, -0.2) is 55.3 Å². The maximum absolute atomic E-state index is 12.5. The second-order valence-corrected chi connectivity index (χ2v) is 6.21. The number of benzene rings is 1. The maximum atomic E-state index is 12.5. The predicted octanol–water partition coefficient (Wildman–Crippen LogP) is 1.60. The van der Waals surface area contributed by atoms with Gasteiger partial charge in [0.1, 0.15) is 5.75 Å². The van der Waals surface area contributed by atoms with Crippen LogP contribution in [0.25, 0.3) is 0 Å². The number of nitrogens with two attached hydrogens (primary N) is 1. The number of ether oxygens (including phenoxy) is 1. The van der Waals surface area contributed by atoms with Gasteiger partial charge in [0, 0.05) is 32.2 Å². The average Bonchev–Trinajstić information content (AvgIpc) is 2.82. The van der Waals surface area contributed by atoms with Gasteiger partial charge in [0.25, 0.3) is 5.91 Å². The van der Waals surface area contributed by atoms with Crippen molar-refractivity contribution in [1.82, 2.24) is 15.3 Å². The van der Waals surface area contributed by atoms with E-state index in [9.17, 15) is 4.79 Å². The minimum absolute atomic E-state index is 0.0564. The van der Waals surface area contributed by atoms with E-state index in [1.165, 1.54) is 7.11 Å². The summed E-state index contributed by atoms with van der Waals surface area (Å²) in [6, 6.07) is 3.57. The third-order valence-corrected chi connectivity index (χ3v) is 4.15. The van der Waals surface area contributed by atoms with Crippen LogP contribution >= 0.6 is 11.6 Å². The smallest absolute Gasteiger partial charge is 0.255 e. The largest absolute Gasteiger partial charge is 0.496 e. The van der Waals surface area contributed by atoms with Gasteiger partial charge in [-0.2, -0.15) is 0 Å². The van der Waals surface area contributed by atoms with Crippen LogP contribution in [0.15, 0.2) is 12.1 Å². The van der Waals surface area contributed by atoms with Gasteiger partial charge in [-0.3, -0.25) is 4.79 Å². The van der Waals surface area contributed by atoms with Crippen molar-refractivity contribution in [3.8, 4) is 5.75 Å². The fraction of sp³-hybridized carbons (Fsp3) is 0.533. The number of amides is 1. The normalized spacial score (nSPS) is 19.6. The van der Waals surface area contributed by atoms with Crippen LogP contribution in [0.1, 0.15) is 24.2 Å². The molecule has 1 aromatic rings. The van der Waals surface area contributed by atoms with Gasteiger partial charge < -0.3 is 15.8 Å². The molecule has 7 heteroatoms. The first-order valence-electron chi connectivity index (χ1n) is 7.25. The Balaban J connectivity index is 2.12. The van der Waals surface area contributed by atoms with Crippen molar-refractivity contribution < 1.29 is 9.53 Å². The minimum Gasteiger partial charge on any atom is -0.496 e. The highest BCUT2D eigenvalue weighted by atomic mass is 35.5. The van der Waals surface area contributed by atoms with E-state index in [0.717, 1.165) is 13.1 Å². The average molecular weight is 327 g/mol. The van der Waals surface area contributed by atoms with Gasteiger partial charge in [-0.05, 0) is 19.9 Å². The molecule has 0 bridgehead atoms. The van der Waals surface area contributed by atoms with Crippen LogP contribution < -0.4 is 15.8 Å². The number of carbonyl (C=O) groups is 1. The number of carbonyl (C=O) groups excluding carboxylic acids is 1. The van der Waals surface area contributed by atoms with Gasteiger partial charge in [0.05, 0.1) is 29.4 Å². The second-order valence-electron chi connectivity index (χ2n) is 5.80. The Hall–Kier alpha value is -1.50. The lowest BCUT2D eigenvalue weighted by Crippen LogP contribution is -2.40. The fourth-order valence-electron chi connectivity index (χ4n) is 2.72. The zero-order valence-corrected chi connectivity index (χ0v) is 14.1. The Morgan fingerprint density at radius 2 is 2.14 bits per heavy atom. The molecule has 1 aliphatic rings. The Labute approximate surface area is 136 Å². The summed E-state index contributed by atoms with van der Waals surface area (Å²) in [6.45, 7) is 5.81. The molecule has 6 nitrogen and oxygen atoms in total. The number of nitrogens with zero attached hydrogens (tertiary/aromatic N) is 2. The highest BCUT2D eigenvalue weighted by molar-refractivity contribution is 6.33. The van der Waals surface area contributed by atoms with Gasteiger partial charge >= 0.3 is 0 Å². The van der Waals surface area contributed by atoms with E-state index in [4.69, 9.17) is 22.1 Å². The van der Waals surface area contributed by atoms with Gasteiger partial charge in [-0.25, -0.2) is 10.0 Å². The molecule has 1 unspecified atom stereocenters. The first kappa shape index (κ1) is 16.9. The molecule has 122 valence electrons. The van der Waals surface area contributed by atoms with Crippen molar-refractivity contribution in [1.29, 1.82) is 0 Å². The lowest BCUT2D eigenvalue weighted by Gasteiger charge is -2.27. The molecule has 0 radical (unpaired) electrons. The molecule has 1 atom stereocenters. The van der Waals surface area contributed by atoms with Crippen molar-refractivity contribution in [3.05, 3.63) is 22.7 Å². The Bertz CT molecular complexity index is 565. The van der Waals surface area contributed by atoms with Crippen LogP contribution in [0.3, 0.4) is 0 Å². The predicted molar refractivity (Wildman–Crippen MR) is 88.1 cm³/mol. The number of nitrogen functional groups attached to an aromatic ring is 1. The molecular formula is C15H23ClN4O2. The van der Waals surface area contributed by atoms with Crippen LogP contribution in [0, 0.1) is 0 Å². The summed E-state index contributed by atoms with van der Waals surface area (Å²) in [7, 11) is 3.52. The number of hydrogen-bond donors (Lipinski definition) is 2. The molecule has 1 heterocycles. The van der Waals surface area contributed by atoms with Crippen LogP contribution in [0.2, 0.25) is 5.02 Å². The summed E-state index contributed by atoms with van der Waals surface area (Å²) in [5.41, 5.74) is 6.53. The number of nitrogens with one attached hydrogen (secondary N) is 1. The van der Waals surface area contributed by atoms with Crippen LogP contribution in [0.5, 0.6) is 5.75 Å². The van der Waals surface area contributed by atoms with E-state index in [1.54, 1.807) is 12.1 Å². The Morgan fingerprint density at radius 3 is 2.68 bits per heavy atom. The Morgan fingerprint density at radius 1 is 1.45 bits per heavy atom. The molecule has 1 saturated heterocycles. The molecule has 0 aromatic heterocycles. The highest BCUT2D eigenvalue weighted by Gasteiger charge is 2.30. The van der Waals surface area contributed by atoms with Crippen LogP contribution in [0.4, 0.5) is 5.69 Å². The molecule has 1 amide bonds. The van der Waals surface area contributed by atoms with Gasteiger partial charge in [-0.1, -0.05) is 11.6 Å². The molecular weight excluding hydrogens is 304 g/mol. The van der Waals surface area contributed by atoms with E-state index < -0.39 is 0 Å². The summed E-state index contributed by atoms with van der Waals surface area (Å²) < 4.78 is 5.23. The fourth-order valence-corrected chi connectivity index (χ4v) is 2.89. The standard InChI is InChI=1S/C15H23ClN4O2/c1-9(2)20-8-10(7-19(20)3)18-15(21)11-5-12(16)13(17)6-14(11)22-4/h5-6,9-10H,7-8,17H2,1-4H3,(H,18,21). The van der Waals surface area contributed by atoms with Crippen molar-refractivity contribution in [2.75, 3.05) is 33.0 Å². The first-order valence-corrected chi connectivity index (χ1v) is 7.62. The maximum Gasteiger partial charge on any atom is 0.255 e. The van der Waals surface area contributed by atoms with Gasteiger partial charge in [-0.15, -0.1) is 0 Å². The summed E-state index contributed by atoms with van der Waals surface area (Å²) in [5, 5.41) is 7.72. The zero-order chi connectivity index (χ0) is 16.4. The highest BCUT2D eigenvalue weighted by Crippen LogP contribution is 2.29. The summed E-state index contributed by atoms with van der Waals surface area (Å²) in [6.07, 6.45) is 0. The van der Waals surface area contributed by atoms with E-state index in [1.807, 2.05) is 7.05 Å². The molecule has 0 aliphatic carbocycles. The number of hydrogen-bond acceptors (Lipinski definition) is 5. The van der Waals surface area contributed by atoms with Gasteiger partial charge in [0.2, 0.25) is 0 Å². The third-order valence-electron chi connectivity index (χ3n) is 3.83. The summed E-state index contributed by atoms with van der Waals surface area (Å²) in [4.78, 5) is 12.5.